The summed E-state index contributed by atoms with van der Waals surface area (Å²) in [6, 6.07) is 6.36. The molecule has 0 fully saturated rings. The number of carbonyl (C=O) groups is 2. The zero-order valence-corrected chi connectivity index (χ0v) is 20.9. The highest BCUT2D eigenvalue weighted by molar-refractivity contribution is 6.02. The van der Waals surface area contributed by atoms with Crippen molar-refractivity contribution in [3.63, 3.8) is 0 Å². The standard InChI is InChI=1S/C28H46O4/c1-5-7-11-18-23(16-6-2)26(21-13-10-8-9-12-17-22(3)4)32-28(31)25-20-15-14-19-24(25)27(29)30/h14-15,19-20,22-23,26H,5-13,16-18,21H2,1-4H3,(H,29,30). The average molecular weight is 447 g/mol. The Morgan fingerprint density at radius 1 is 0.781 bits per heavy atom. The molecule has 2 atom stereocenters. The van der Waals surface area contributed by atoms with E-state index < -0.39 is 11.9 Å². The van der Waals surface area contributed by atoms with Crippen LogP contribution in [0.1, 0.15) is 132 Å². The third kappa shape index (κ3) is 11.2. The van der Waals surface area contributed by atoms with Gasteiger partial charge >= 0.3 is 11.9 Å². The lowest BCUT2D eigenvalue weighted by Crippen LogP contribution is -2.28. The molecule has 0 bridgehead atoms. The van der Waals surface area contributed by atoms with Crippen LogP contribution >= 0.6 is 0 Å². The van der Waals surface area contributed by atoms with Crippen LogP contribution in [0.2, 0.25) is 0 Å². The molecule has 0 aliphatic carbocycles. The van der Waals surface area contributed by atoms with E-state index in [1.165, 1.54) is 44.6 Å². The Bertz CT molecular complexity index is 653. The normalized spacial score (nSPS) is 13.2. The molecule has 1 N–H and O–H groups in total. The molecule has 0 saturated heterocycles. The third-order valence-corrected chi connectivity index (χ3v) is 6.27. The summed E-state index contributed by atoms with van der Waals surface area (Å²) < 4.78 is 6.03. The van der Waals surface area contributed by atoms with E-state index in [1.54, 1.807) is 18.2 Å². The highest BCUT2D eigenvalue weighted by atomic mass is 16.5. The lowest BCUT2D eigenvalue weighted by atomic mass is 9.88. The number of rotatable bonds is 18. The van der Waals surface area contributed by atoms with Gasteiger partial charge in [-0.3, -0.25) is 0 Å². The number of hydrogen-bond donors (Lipinski definition) is 1. The lowest BCUT2D eigenvalue weighted by Gasteiger charge is -2.27. The van der Waals surface area contributed by atoms with Crippen molar-refractivity contribution < 1.29 is 19.4 Å². The summed E-state index contributed by atoms with van der Waals surface area (Å²) in [7, 11) is 0. The molecule has 1 rings (SSSR count). The summed E-state index contributed by atoms with van der Waals surface area (Å²) in [5.41, 5.74) is 0.168. The second kappa shape index (κ2) is 16.7. The highest BCUT2D eigenvalue weighted by Gasteiger charge is 2.26. The number of unbranched alkanes of at least 4 members (excludes halogenated alkanes) is 6. The summed E-state index contributed by atoms with van der Waals surface area (Å²) in [4.78, 5) is 24.5. The quantitative estimate of drug-likeness (QED) is 0.182. The van der Waals surface area contributed by atoms with Gasteiger partial charge in [-0.1, -0.05) is 97.6 Å². The topological polar surface area (TPSA) is 63.6 Å². The minimum absolute atomic E-state index is 0.0134. The molecular formula is C28H46O4. The van der Waals surface area contributed by atoms with Gasteiger partial charge in [-0.05, 0) is 49.7 Å². The van der Waals surface area contributed by atoms with E-state index in [-0.39, 0.29) is 17.2 Å². The summed E-state index contributed by atoms with van der Waals surface area (Å²) in [6.45, 7) is 8.93. The van der Waals surface area contributed by atoms with Crippen LogP contribution in [0.15, 0.2) is 24.3 Å². The van der Waals surface area contributed by atoms with Crippen molar-refractivity contribution in [1.82, 2.24) is 0 Å². The van der Waals surface area contributed by atoms with Gasteiger partial charge in [-0.15, -0.1) is 0 Å². The smallest absolute Gasteiger partial charge is 0.339 e. The van der Waals surface area contributed by atoms with Gasteiger partial charge in [0.25, 0.3) is 0 Å². The maximum absolute atomic E-state index is 13.0. The van der Waals surface area contributed by atoms with Crippen molar-refractivity contribution in [1.29, 1.82) is 0 Å². The van der Waals surface area contributed by atoms with E-state index in [0.29, 0.717) is 5.92 Å². The molecule has 0 heterocycles. The van der Waals surface area contributed by atoms with Gasteiger partial charge in [-0.2, -0.15) is 0 Å². The zero-order chi connectivity index (χ0) is 23.8. The Morgan fingerprint density at radius 3 is 1.97 bits per heavy atom. The lowest BCUT2D eigenvalue weighted by molar-refractivity contribution is 0.00645. The molecule has 182 valence electrons. The Kier molecular flexibility index (Phi) is 14.8. The monoisotopic (exact) mass is 446 g/mol. The number of benzene rings is 1. The van der Waals surface area contributed by atoms with Crippen molar-refractivity contribution in [2.24, 2.45) is 11.8 Å². The van der Waals surface area contributed by atoms with Gasteiger partial charge in [0, 0.05) is 0 Å². The first kappa shape index (κ1) is 28.2. The van der Waals surface area contributed by atoms with Crippen molar-refractivity contribution >= 4 is 11.9 Å². The van der Waals surface area contributed by atoms with Gasteiger partial charge in [-0.25, -0.2) is 9.59 Å². The van der Waals surface area contributed by atoms with Gasteiger partial charge in [0.15, 0.2) is 0 Å². The fraction of sp³-hybridized carbons (Fsp3) is 0.714. The summed E-state index contributed by atoms with van der Waals surface area (Å²) in [6.07, 6.45) is 14.7. The SMILES string of the molecule is CCCCCC(CCC)C(CCCCCCCC(C)C)OC(=O)c1ccccc1C(=O)O. The Labute approximate surface area is 196 Å². The van der Waals surface area contributed by atoms with Gasteiger partial charge in [0.1, 0.15) is 6.10 Å². The molecule has 4 nitrogen and oxygen atoms in total. The van der Waals surface area contributed by atoms with E-state index in [1.807, 2.05) is 0 Å². The average Bonchev–Trinajstić information content (AvgIpc) is 2.76. The van der Waals surface area contributed by atoms with Gasteiger partial charge in [0.05, 0.1) is 11.1 Å². The molecule has 0 saturated carbocycles. The van der Waals surface area contributed by atoms with Crippen molar-refractivity contribution in [2.75, 3.05) is 0 Å². The molecule has 0 aromatic heterocycles. The van der Waals surface area contributed by atoms with E-state index in [2.05, 4.69) is 27.7 Å². The van der Waals surface area contributed by atoms with Crippen LogP contribution < -0.4 is 0 Å². The van der Waals surface area contributed by atoms with Crippen LogP contribution in [0.5, 0.6) is 0 Å². The second-order valence-electron chi connectivity index (χ2n) is 9.58. The predicted octanol–water partition coefficient (Wildman–Crippen LogP) is 8.29. The Morgan fingerprint density at radius 2 is 1.38 bits per heavy atom. The van der Waals surface area contributed by atoms with Crippen molar-refractivity contribution in [2.45, 2.75) is 117 Å². The first-order valence-electron chi connectivity index (χ1n) is 12.9. The maximum atomic E-state index is 13.0. The predicted molar refractivity (Wildman–Crippen MR) is 132 cm³/mol. The molecule has 0 aliphatic heterocycles. The molecule has 2 unspecified atom stereocenters. The van der Waals surface area contributed by atoms with E-state index >= 15 is 0 Å². The van der Waals surface area contributed by atoms with Crippen LogP contribution in [-0.2, 0) is 4.74 Å². The van der Waals surface area contributed by atoms with Crippen molar-refractivity contribution in [3.8, 4) is 0 Å². The van der Waals surface area contributed by atoms with E-state index in [4.69, 9.17) is 4.74 Å². The fourth-order valence-electron chi connectivity index (χ4n) is 4.41. The minimum atomic E-state index is -1.09. The van der Waals surface area contributed by atoms with Gasteiger partial charge < -0.3 is 9.84 Å². The number of ether oxygens (including phenoxy) is 1. The largest absolute Gasteiger partial charge is 0.478 e. The van der Waals surface area contributed by atoms with E-state index in [0.717, 1.165) is 50.9 Å². The Balaban J connectivity index is 2.79. The Hall–Kier alpha value is -1.84. The van der Waals surface area contributed by atoms with Crippen LogP contribution in [0.4, 0.5) is 0 Å². The molecule has 1 aromatic carbocycles. The van der Waals surface area contributed by atoms with Crippen LogP contribution in [0.3, 0.4) is 0 Å². The molecule has 4 heteroatoms. The van der Waals surface area contributed by atoms with E-state index in [9.17, 15) is 14.7 Å². The number of carbonyl (C=O) groups excluding carboxylic acids is 1. The summed E-state index contributed by atoms with van der Waals surface area (Å²) in [5.74, 6) is -0.482. The number of hydrogen-bond acceptors (Lipinski definition) is 3. The first-order chi connectivity index (χ1) is 15.4. The minimum Gasteiger partial charge on any atom is -0.478 e. The van der Waals surface area contributed by atoms with Crippen LogP contribution in [-0.4, -0.2) is 23.1 Å². The second-order valence-corrected chi connectivity index (χ2v) is 9.58. The number of esters is 1. The summed E-state index contributed by atoms with van der Waals surface area (Å²) >= 11 is 0. The first-order valence-corrected chi connectivity index (χ1v) is 12.9. The van der Waals surface area contributed by atoms with Crippen molar-refractivity contribution in [3.05, 3.63) is 35.4 Å². The summed E-state index contributed by atoms with van der Waals surface area (Å²) in [5, 5.41) is 9.46. The van der Waals surface area contributed by atoms with Crippen LogP contribution in [0, 0.1) is 11.8 Å². The van der Waals surface area contributed by atoms with Crippen LogP contribution in [0.25, 0.3) is 0 Å². The molecule has 32 heavy (non-hydrogen) atoms. The molecule has 0 amide bonds. The molecule has 0 radical (unpaired) electrons. The molecule has 1 aromatic rings. The number of carboxylic acid groups (broad SMARTS) is 1. The zero-order valence-electron chi connectivity index (χ0n) is 20.9. The fourth-order valence-corrected chi connectivity index (χ4v) is 4.41. The highest BCUT2D eigenvalue weighted by Crippen LogP contribution is 2.27. The number of carboxylic acids is 1. The third-order valence-electron chi connectivity index (χ3n) is 6.27. The molecule has 0 spiro atoms. The maximum Gasteiger partial charge on any atom is 0.339 e. The number of aromatic carboxylic acids is 1. The molecule has 0 aliphatic rings. The molecular weight excluding hydrogens is 400 g/mol. The van der Waals surface area contributed by atoms with Gasteiger partial charge in [0.2, 0.25) is 0 Å².